The second-order valence-electron chi connectivity index (χ2n) is 4.33. The fourth-order valence-corrected chi connectivity index (χ4v) is 2.43. The van der Waals surface area contributed by atoms with Gasteiger partial charge in [0.1, 0.15) is 11.5 Å². The van der Waals surface area contributed by atoms with Gasteiger partial charge in [0.05, 0.1) is 6.21 Å². The highest BCUT2D eigenvalue weighted by atomic mass is 79.9. The Bertz CT molecular complexity index is 683. The molecule has 1 N–H and O–H groups in total. The first-order chi connectivity index (χ1) is 10.6. The maximum atomic E-state index is 11.7. The first-order valence-corrected chi connectivity index (χ1v) is 8.15. The van der Waals surface area contributed by atoms with E-state index in [0.717, 1.165) is 16.5 Å². The van der Waals surface area contributed by atoms with Crippen LogP contribution in [-0.4, -0.2) is 18.7 Å². The maximum absolute atomic E-state index is 11.7. The van der Waals surface area contributed by atoms with Crippen molar-refractivity contribution in [3.8, 4) is 5.75 Å². The van der Waals surface area contributed by atoms with Crippen LogP contribution in [-0.2, 0) is 11.2 Å². The highest BCUT2D eigenvalue weighted by Crippen LogP contribution is 2.23. The van der Waals surface area contributed by atoms with Crippen LogP contribution in [0.25, 0.3) is 0 Å². The van der Waals surface area contributed by atoms with Crippen molar-refractivity contribution in [2.75, 3.05) is 6.61 Å². The average molecular weight is 430 g/mol. The molecule has 116 valence electrons. The summed E-state index contributed by atoms with van der Waals surface area (Å²) in [4.78, 5) is 11.7. The Labute approximate surface area is 145 Å². The molecule has 2 rings (SSSR count). The lowest BCUT2D eigenvalue weighted by atomic mass is 10.1. The van der Waals surface area contributed by atoms with Gasteiger partial charge in [-0.05, 0) is 58.2 Å². The van der Waals surface area contributed by atoms with Gasteiger partial charge in [-0.3, -0.25) is 4.79 Å². The molecule has 7 heteroatoms. The number of nitrogens with zero attached hydrogens (tertiary/aromatic N) is 1. The molecule has 22 heavy (non-hydrogen) atoms. The standard InChI is InChI=1S/C15H14Br2N2O3/c1-2-10-7-11(16)3-5-13(10)21-9-15(20)19-18-8-12-4-6-14(17)22-12/h3-8H,2,9H2,1H3,(H,19,20)/b18-8+. The van der Waals surface area contributed by atoms with Crippen molar-refractivity contribution in [2.45, 2.75) is 13.3 Å². The number of halogens is 2. The van der Waals surface area contributed by atoms with Gasteiger partial charge in [0.25, 0.3) is 5.91 Å². The van der Waals surface area contributed by atoms with Gasteiger partial charge in [-0.15, -0.1) is 0 Å². The Hall–Kier alpha value is -1.60. The van der Waals surface area contributed by atoms with E-state index in [1.54, 1.807) is 12.1 Å². The van der Waals surface area contributed by atoms with Gasteiger partial charge < -0.3 is 9.15 Å². The molecule has 1 amide bonds. The number of aryl methyl sites for hydroxylation is 1. The Balaban J connectivity index is 1.84. The van der Waals surface area contributed by atoms with Gasteiger partial charge in [0.15, 0.2) is 11.3 Å². The Morgan fingerprint density at radius 3 is 2.86 bits per heavy atom. The second kappa shape index (κ2) is 8.14. The molecule has 0 bridgehead atoms. The third-order valence-corrected chi connectivity index (χ3v) is 3.66. The van der Waals surface area contributed by atoms with Crippen LogP contribution in [0.1, 0.15) is 18.2 Å². The first kappa shape index (κ1) is 16.8. The zero-order valence-corrected chi connectivity index (χ0v) is 15.0. The van der Waals surface area contributed by atoms with E-state index >= 15 is 0 Å². The topological polar surface area (TPSA) is 63.8 Å². The summed E-state index contributed by atoms with van der Waals surface area (Å²) in [6.07, 6.45) is 2.24. The molecule has 0 atom stereocenters. The van der Waals surface area contributed by atoms with E-state index in [4.69, 9.17) is 9.15 Å². The third-order valence-electron chi connectivity index (χ3n) is 2.74. The van der Waals surface area contributed by atoms with Crippen LogP contribution in [0.4, 0.5) is 0 Å². The lowest BCUT2D eigenvalue weighted by Gasteiger charge is -2.09. The average Bonchev–Trinajstić information content (AvgIpc) is 2.91. The molecule has 2 aromatic rings. The second-order valence-corrected chi connectivity index (χ2v) is 6.03. The van der Waals surface area contributed by atoms with E-state index in [0.29, 0.717) is 16.2 Å². The van der Waals surface area contributed by atoms with Crippen molar-refractivity contribution in [3.05, 3.63) is 50.8 Å². The molecule has 1 aromatic carbocycles. The normalized spacial score (nSPS) is 10.9. The molecular weight excluding hydrogens is 416 g/mol. The summed E-state index contributed by atoms with van der Waals surface area (Å²) in [6.45, 7) is 1.92. The lowest BCUT2D eigenvalue weighted by molar-refractivity contribution is -0.123. The number of carbonyl (C=O) groups is 1. The molecule has 0 saturated carbocycles. The zero-order valence-electron chi connectivity index (χ0n) is 11.8. The summed E-state index contributed by atoms with van der Waals surface area (Å²) >= 11 is 6.59. The molecule has 0 unspecified atom stereocenters. The van der Waals surface area contributed by atoms with E-state index < -0.39 is 0 Å². The smallest absolute Gasteiger partial charge is 0.277 e. The van der Waals surface area contributed by atoms with Crippen molar-refractivity contribution in [1.82, 2.24) is 5.43 Å². The van der Waals surface area contributed by atoms with Crippen molar-refractivity contribution >= 4 is 44.0 Å². The Morgan fingerprint density at radius 1 is 1.36 bits per heavy atom. The fraction of sp³-hybridized carbons (Fsp3) is 0.200. The van der Waals surface area contributed by atoms with Crippen molar-refractivity contribution in [2.24, 2.45) is 5.10 Å². The van der Waals surface area contributed by atoms with Crippen LogP contribution >= 0.6 is 31.9 Å². The minimum atomic E-state index is -0.341. The van der Waals surface area contributed by atoms with Gasteiger partial charge >= 0.3 is 0 Å². The van der Waals surface area contributed by atoms with E-state index in [1.165, 1.54) is 6.21 Å². The largest absolute Gasteiger partial charge is 0.483 e. The molecule has 1 aromatic heterocycles. The van der Waals surface area contributed by atoms with Gasteiger partial charge in [-0.2, -0.15) is 5.10 Å². The number of hydrogen-bond acceptors (Lipinski definition) is 4. The molecule has 0 aliphatic heterocycles. The van der Waals surface area contributed by atoms with Crippen molar-refractivity contribution in [3.63, 3.8) is 0 Å². The van der Waals surface area contributed by atoms with Crippen LogP contribution in [0.15, 0.2) is 49.0 Å². The van der Waals surface area contributed by atoms with Crippen molar-refractivity contribution in [1.29, 1.82) is 0 Å². The Morgan fingerprint density at radius 2 is 2.18 bits per heavy atom. The number of carbonyl (C=O) groups excluding carboxylic acids is 1. The van der Waals surface area contributed by atoms with Gasteiger partial charge in [-0.25, -0.2) is 5.43 Å². The Kier molecular flexibility index (Phi) is 6.21. The van der Waals surface area contributed by atoms with E-state index in [9.17, 15) is 4.79 Å². The van der Waals surface area contributed by atoms with Gasteiger partial charge in [-0.1, -0.05) is 22.9 Å². The molecule has 0 saturated heterocycles. The van der Waals surface area contributed by atoms with E-state index in [-0.39, 0.29) is 12.5 Å². The van der Waals surface area contributed by atoms with Gasteiger partial charge in [0.2, 0.25) is 0 Å². The highest BCUT2D eigenvalue weighted by molar-refractivity contribution is 9.10. The number of rotatable bonds is 6. The summed E-state index contributed by atoms with van der Waals surface area (Å²) in [5.74, 6) is 0.890. The minimum Gasteiger partial charge on any atom is -0.483 e. The zero-order chi connectivity index (χ0) is 15.9. The molecule has 0 spiro atoms. The molecule has 0 aliphatic carbocycles. The van der Waals surface area contributed by atoms with Gasteiger partial charge in [0, 0.05) is 4.47 Å². The molecular formula is C15H14Br2N2O3. The van der Waals surface area contributed by atoms with Crippen LogP contribution in [0.5, 0.6) is 5.75 Å². The molecule has 1 heterocycles. The fourth-order valence-electron chi connectivity index (χ4n) is 1.71. The summed E-state index contributed by atoms with van der Waals surface area (Å²) in [7, 11) is 0. The monoisotopic (exact) mass is 428 g/mol. The first-order valence-electron chi connectivity index (χ1n) is 6.57. The predicted octanol–water partition coefficient (Wildman–Crippen LogP) is 3.90. The van der Waals surface area contributed by atoms with Crippen LogP contribution in [0.2, 0.25) is 0 Å². The molecule has 5 nitrogen and oxygen atoms in total. The highest BCUT2D eigenvalue weighted by Gasteiger charge is 2.06. The van der Waals surface area contributed by atoms with Crippen LogP contribution in [0.3, 0.4) is 0 Å². The van der Waals surface area contributed by atoms with Crippen LogP contribution < -0.4 is 10.2 Å². The lowest BCUT2D eigenvalue weighted by Crippen LogP contribution is -2.24. The summed E-state index contributed by atoms with van der Waals surface area (Å²) in [5.41, 5.74) is 3.41. The molecule has 0 radical (unpaired) electrons. The quantitative estimate of drug-likeness (QED) is 0.559. The number of nitrogens with one attached hydrogen (secondary N) is 1. The summed E-state index contributed by atoms with van der Waals surface area (Å²) < 4.78 is 12.3. The summed E-state index contributed by atoms with van der Waals surface area (Å²) in [6, 6.07) is 9.15. The maximum Gasteiger partial charge on any atom is 0.277 e. The number of amides is 1. The summed E-state index contributed by atoms with van der Waals surface area (Å²) in [5, 5.41) is 3.80. The predicted molar refractivity (Wildman–Crippen MR) is 91.2 cm³/mol. The number of hydrazone groups is 1. The SMILES string of the molecule is CCc1cc(Br)ccc1OCC(=O)N/N=C/c1ccc(Br)o1. The number of hydrogen-bond donors (Lipinski definition) is 1. The van der Waals surface area contributed by atoms with E-state index in [1.807, 2.05) is 25.1 Å². The minimum absolute atomic E-state index is 0.103. The molecule has 0 aliphatic rings. The third kappa shape index (κ3) is 4.99. The molecule has 0 fully saturated rings. The number of benzene rings is 1. The van der Waals surface area contributed by atoms with E-state index in [2.05, 4.69) is 42.4 Å². The number of ether oxygens (including phenoxy) is 1. The van der Waals surface area contributed by atoms with Crippen molar-refractivity contribution < 1.29 is 13.9 Å². The van der Waals surface area contributed by atoms with Crippen LogP contribution in [0, 0.1) is 0 Å². The number of furan rings is 1.